The van der Waals surface area contributed by atoms with Crippen LogP contribution in [0.15, 0.2) is 35.3 Å². The van der Waals surface area contributed by atoms with Crippen molar-refractivity contribution in [2.24, 2.45) is 4.99 Å². The summed E-state index contributed by atoms with van der Waals surface area (Å²) >= 11 is 0. The van der Waals surface area contributed by atoms with E-state index in [1.807, 2.05) is 11.6 Å². The summed E-state index contributed by atoms with van der Waals surface area (Å²) in [4.78, 5) is 17.5. The van der Waals surface area contributed by atoms with Crippen LogP contribution >= 0.6 is 0 Å². The summed E-state index contributed by atoms with van der Waals surface area (Å²) in [6.45, 7) is 11.3. The van der Waals surface area contributed by atoms with E-state index in [9.17, 15) is 10.1 Å². The number of aryl methyl sites for hydroxylation is 3. The molecule has 0 bridgehead atoms. The second-order valence-electron chi connectivity index (χ2n) is 7.90. The number of morpholine rings is 1. The van der Waals surface area contributed by atoms with Crippen LogP contribution in [0.3, 0.4) is 0 Å². The van der Waals surface area contributed by atoms with E-state index in [0.29, 0.717) is 6.54 Å². The monoisotopic (exact) mass is 443 g/mol. The summed E-state index contributed by atoms with van der Waals surface area (Å²) < 4.78 is 7.43. The third kappa shape index (κ3) is 7.61. The second kappa shape index (κ2) is 12.2. The van der Waals surface area contributed by atoms with Gasteiger partial charge >= 0.3 is 0 Å². The number of aromatic nitrogens is 2. The van der Waals surface area contributed by atoms with E-state index in [1.54, 1.807) is 12.1 Å². The number of hydrogen-bond acceptors (Lipinski definition) is 6. The fraction of sp³-hybridized carbons (Fsp3) is 0.545. The molecule has 2 aromatic rings. The van der Waals surface area contributed by atoms with Crippen LogP contribution in [0.4, 0.5) is 5.69 Å². The molecule has 0 spiro atoms. The first kappa shape index (κ1) is 23.7. The molecule has 2 heterocycles. The Balaban J connectivity index is 1.51. The van der Waals surface area contributed by atoms with Crippen LogP contribution in [0, 0.1) is 24.0 Å². The summed E-state index contributed by atoms with van der Waals surface area (Å²) in [7, 11) is 0. The summed E-state index contributed by atoms with van der Waals surface area (Å²) in [5.74, 6) is 0.741. The Kier molecular flexibility index (Phi) is 9.00. The lowest BCUT2D eigenvalue weighted by Crippen LogP contribution is -2.44. The molecule has 0 atom stereocenters. The van der Waals surface area contributed by atoms with Gasteiger partial charge in [0.05, 0.1) is 30.4 Å². The molecule has 1 fully saturated rings. The lowest BCUT2D eigenvalue weighted by Gasteiger charge is -2.26. The standard InChI is InChI=1S/C22H33N7O3/c1-18-16-19(2)28(26-18)10-3-8-23-22(24-9-11-27-12-14-32-15-13-27)25-17-20-4-6-21(7-5-20)29(30)31/h4-7,16H,3,8-15,17H2,1-2H3,(H2,23,24,25). The number of ether oxygens (including phenoxy) is 1. The minimum Gasteiger partial charge on any atom is -0.379 e. The van der Waals surface area contributed by atoms with Gasteiger partial charge in [0.1, 0.15) is 0 Å². The highest BCUT2D eigenvalue weighted by molar-refractivity contribution is 5.79. The Morgan fingerprint density at radius 2 is 1.88 bits per heavy atom. The number of benzene rings is 1. The third-order valence-corrected chi connectivity index (χ3v) is 5.33. The first-order chi connectivity index (χ1) is 15.5. The highest BCUT2D eigenvalue weighted by Gasteiger charge is 2.10. The molecule has 0 saturated carbocycles. The predicted molar refractivity (Wildman–Crippen MR) is 124 cm³/mol. The first-order valence-corrected chi connectivity index (χ1v) is 11.1. The number of rotatable bonds is 10. The molecule has 3 rings (SSSR count). The lowest BCUT2D eigenvalue weighted by molar-refractivity contribution is -0.384. The summed E-state index contributed by atoms with van der Waals surface area (Å²) in [5.41, 5.74) is 3.21. The zero-order chi connectivity index (χ0) is 22.8. The Bertz CT molecular complexity index is 889. The lowest BCUT2D eigenvalue weighted by atomic mass is 10.2. The molecule has 1 aliphatic heterocycles. The highest BCUT2D eigenvalue weighted by atomic mass is 16.6. The van der Waals surface area contributed by atoms with Gasteiger partial charge in [-0.15, -0.1) is 0 Å². The summed E-state index contributed by atoms with van der Waals surface area (Å²) in [5, 5.41) is 22.1. The minimum atomic E-state index is -0.393. The van der Waals surface area contributed by atoms with Crippen LogP contribution in [-0.2, 0) is 17.8 Å². The fourth-order valence-corrected chi connectivity index (χ4v) is 3.56. The Morgan fingerprint density at radius 1 is 1.16 bits per heavy atom. The van der Waals surface area contributed by atoms with Crippen LogP contribution in [0.2, 0.25) is 0 Å². The number of guanidine groups is 1. The maximum Gasteiger partial charge on any atom is 0.269 e. The summed E-state index contributed by atoms with van der Waals surface area (Å²) in [6.07, 6.45) is 0.920. The van der Waals surface area contributed by atoms with Crippen molar-refractivity contribution in [3.63, 3.8) is 0 Å². The molecule has 1 aromatic carbocycles. The molecule has 0 radical (unpaired) electrons. The first-order valence-electron chi connectivity index (χ1n) is 11.1. The molecule has 1 aromatic heterocycles. The van der Waals surface area contributed by atoms with E-state index in [4.69, 9.17) is 4.74 Å². The van der Waals surface area contributed by atoms with E-state index < -0.39 is 4.92 Å². The molecule has 2 N–H and O–H groups in total. The van der Waals surface area contributed by atoms with Gasteiger partial charge in [0, 0.05) is 57.1 Å². The highest BCUT2D eigenvalue weighted by Crippen LogP contribution is 2.12. The Hall–Kier alpha value is -2.98. The van der Waals surface area contributed by atoms with Crippen LogP contribution in [0.5, 0.6) is 0 Å². The van der Waals surface area contributed by atoms with Gasteiger partial charge < -0.3 is 15.4 Å². The van der Waals surface area contributed by atoms with Crippen molar-refractivity contribution in [3.8, 4) is 0 Å². The predicted octanol–water partition coefficient (Wildman–Crippen LogP) is 1.87. The van der Waals surface area contributed by atoms with Crippen LogP contribution in [-0.4, -0.2) is 71.5 Å². The number of nitro groups is 1. The largest absolute Gasteiger partial charge is 0.379 e. The van der Waals surface area contributed by atoms with E-state index in [2.05, 4.69) is 38.6 Å². The molecular weight excluding hydrogens is 410 g/mol. The zero-order valence-electron chi connectivity index (χ0n) is 18.9. The van der Waals surface area contributed by atoms with Crippen molar-refractivity contribution in [2.75, 3.05) is 45.9 Å². The van der Waals surface area contributed by atoms with Gasteiger partial charge in [-0.2, -0.15) is 5.10 Å². The number of hydrogen-bond donors (Lipinski definition) is 2. The van der Waals surface area contributed by atoms with Gasteiger partial charge in [-0.05, 0) is 31.9 Å². The molecule has 10 nitrogen and oxygen atoms in total. The second-order valence-corrected chi connectivity index (χ2v) is 7.90. The number of aliphatic imine (C=N–C) groups is 1. The van der Waals surface area contributed by atoms with E-state index >= 15 is 0 Å². The molecule has 0 aliphatic carbocycles. The Morgan fingerprint density at radius 3 is 2.53 bits per heavy atom. The number of nitrogens with zero attached hydrogens (tertiary/aromatic N) is 5. The van der Waals surface area contributed by atoms with Gasteiger partial charge in [0.25, 0.3) is 5.69 Å². The molecule has 0 amide bonds. The van der Waals surface area contributed by atoms with Crippen LogP contribution in [0.1, 0.15) is 23.4 Å². The number of nitrogens with one attached hydrogen (secondary N) is 2. The van der Waals surface area contributed by atoms with Crippen molar-refractivity contribution in [2.45, 2.75) is 33.4 Å². The van der Waals surface area contributed by atoms with Crippen LogP contribution in [0.25, 0.3) is 0 Å². The third-order valence-electron chi connectivity index (χ3n) is 5.33. The van der Waals surface area contributed by atoms with Crippen molar-refractivity contribution in [1.29, 1.82) is 0 Å². The summed E-state index contributed by atoms with van der Waals surface area (Å²) in [6, 6.07) is 8.60. The molecule has 32 heavy (non-hydrogen) atoms. The fourth-order valence-electron chi connectivity index (χ4n) is 3.56. The smallest absolute Gasteiger partial charge is 0.269 e. The Labute approximate surface area is 188 Å². The molecule has 1 aliphatic rings. The molecular formula is C22H33N7O3. The molecule has 1 saturated heterocycles. The minimum absolute atomic E-state index is 0.0869. The zero-order valence-corrected chi connectivity index (χ0v) is 18.9. The number of nitro benzene ring substituents is 1. The maximum atomic E-state index is 10.8. The van der Waals surface area contributed by atoms with E-state index in [0.717, 1.165) is 81.8 Å². The van der Waals surface area contributed by atoms with Crippen molar-refractivity contribution in [3.05, 3.63) is 57.4 Å². The average Bonchev–Trinajstić information content (AvgIpc) is 3.12. The SMILES string of the molecule is Cc1cc(C)n(CCCNC(=NCc2ccc([N+](=O)[O-])cc2)NCCN2CCOCC2)n1. The van der Waals surface area contributed by atoms with Gasteiger partial charge in [-0.3, -0.25) is 19.7 Å². The van der Waals surface area contributed by atoms with Crippen molar-refractivity contribution >= 4 is 11.6 Å². The van der Waals surface area contributed by atoms with E-state index in [1.165, 1.54) is 12.1 Å². The maximum absolute atomic E-state index is 10.8. The average molecular weight is 444 g/mol. The molecule has 10 heteroatoms. The quantitative estimate of drug-likeness (QED) is 0.190. The van der Waals surface area contributed by atoms with Crippen molar-refractivity contribution < 1.29 is 9.66 Å². The topological polar surface area (TPSA) is 110 Å². The normalized spacial score (nSPS) is 15.0. The van der Waals surface area contributed by atoms with Gasteiger partial charge in [-0.1, -0.05) is 12.1 Å². The van der Waals surface area contributed by atoms with Gasteiger partial charge in [0.2, 0.25) is 0 Å². The number of non-ortho nitro benzene ring substituents is 1. The van der Waals surface area contributed by atoms with Crippen molar-refractivity contribution in [1.82, 2.24) is 25.3 Å². The van der Waals surface area contributed by atoms with Gasteiger partial charge in [0.15, 0.2) is 5.96 Å². The molecule has 0 unspecified atom stereocenters. The molecule has 174 valence electrons. The van der Waals surface area contributed by atoms with Crippen LogP contribution < -0.4 is 10.6 Å². The van der Waals surface area contributed by atoms with E-state index in [-0.39, 0.29) is 5.69 Å². The van der Waals surface area contributed by atoms with Gasteiger partial charge in [-0.25, -0.2) is 4.99 Å².